The van der Waals surface area contributed by atoms with Gasteiger partial charge >= 0.3 is 5.97 Å². The Bertz CT molecular complexity index is 772. The summed E-state index contributed by atoms with van der Waals surface area (Å²) >= 11 is 0. The lowest BCUT2D eigenvalue weighted by Crippen LogP contribution is -2.49. The number of nitrogens with one attached hydrogen (secondary N) is 1. The van der Waals surface area contributed by atoms with Crippen LogP contribution in [0.2, 0.25) is 0 Å². The molecule has 1 aliphatic heterocycles. The van der Waals surface area contributed by atoms with Crippen LogP contribution in [0.25, 0.3) is 0 Å². The van der Waals surface area contributed by atoms with E-state index >= 15 is 0 Å². The molecule has 0 atom stereocenters. The largest absolute Gasteiger partial charge is 0.462 e. The Labute approximate surface area is 165 Å². The average Bonchev–Trinajstić information content (AvgIpc) is 2.74. The number of ether oxygens (including phenoxy) is 1. The second kappa shape index (κ2) is 9.85. The highest BCUT2D eigenvalue weighted by molar-refractivity contribution is 5.89. The molecule has 0 aliphatic carbocycles. The van der Waals surface area contributed by atoms with E-state index in [-0.39, 0.29) is 11.9 Å². The van der Waals surface area contributed by atoms with Crippen molar-refractivity contribution >= 4 is 17.7 Å². The van der Waals surface area contributed by atoms with E-state index in [1.54, 1.807) is 19.2 Å². The summed E-state index contributed by atoms with van der Waals surface area (Å²) in [6.07, 6.45) is 1.55. The summed E-state index contributed by atoms with van der Waals surface area (Å²) < 4.78 is 4.98. The minimum Gasteiger partial charge on any atom is -0.462 e. The summed E-state index contributed by atoms with van der Waals surface area (Å²) in [7, 11) is 0. The number of pyridine rings is 1. The number of hydrogen-bond acceptors (Lipinski definition) is 6. The van der Waals surface area contributed by atoms with Crippen molar-refractivity contribution in [2.24, 2.45) is 0 Å². The van der Waals surface area contributed by atoms with Gasteiger partial charge in [-0.15, -0.1) is 0 Å². The molecule has 1 N–H and O–H groups in total. The number of aromatic nitrogens is 1. The fourth-order valence-electron chi connectivity index (χ4n) is 3.10. The van der Waals surface area contributed by atoms with Gasteiger partial charge in [-0.2, -0.15) is 0 Å². The van der Waals surface area contributed by atoms with Crippen LogP contribution in [0, 0.1) is 0 Å². The van der Waals surface area contributed by atoms with E-state index in [1.807, 2.05) is 36.4 Å². The third-order valence-corrected chi connectivity index (χ3v) is 4.66. The number of esters is 1. The Kier molecular flexibility index (Phi) is 6.97. The Morgan fingerprint density at radius 2 is 1.82 bits per heavy atom. The molecule has 1 saturated heterocycles. The van der Waals surface area contributed by atoms with Crippen LogP contribution in [-0.2, 0) is 16.1 Å². The fraction of sp³-hybridized carbons (Fsp3) is 0.381. The van der Waals surface area contributed by atoms with E-state index < -0.39 is 0 Å². The van der Waals surface area contributed by atoms with E-state index in [1.165, 1.54) is 0 Å². The van der Waals surface area contributed by atoms with Crippen molar-refractivity contribution in [3.63, 3.8) is 0 Å². The molecule has 2 aromatic rings. The maximum Gasteiger partial charge on any atom is 0.339 e. The maximum atomic E-state index is 12.2. The van der Waals surface area contributed by atoms with Crippen molar-refractivity contribution < 1.29 is 14.3 Å². The van der Waals surface area contributed by atoms with E-state index in [2.05, 4.69) is 20.1 Å². The van der Waals surface area contributed by atoms with Gasteiger partial charge in [-0.25, -0.2) is 9.78 Å². The molecule has 0 saturated carbocycles. The zero-order valence-electron chi connectivity index (χ0n) is 16.1. The Morgan fingerprint density at radius 1 is 1.07 bits per heavy atom. The van der Waals surface area contributed by atoms with Crippen LogP contribution in [0.3, 0.4) is 0 Å². The first-order chi connectivity index (χ1) is 13.7. The Balaban J connectivity index is 1.42. The number of hydrogen-bond donors (Lipinski definition) is 1. The van der Waals surface area contributed by atoms with Gasteiger partial charge in [0.15, 0.2) is 0 Å². The van der Waals surface area contributed by atoms with Gasteiger partial charge < -0.3 is 15.0 Å². The number of rotatable bonds is 7. The average molecular weight is 382 g/mol. The number of carbonyl (C=O) groups excluding carboxylic acids is 2. The highest BCUT2D eigenvalue weighted by atomic mass is 16.5. The predicted molar refractivity (Wildman–Crippen MR) is 107 cm³/mol. The van der Waals surface area contributed by atoms with Gasteiger partial charge in [-0.3, -0.25) is 9.69 Å². The van der Waals surface area contributed by atoms with E-state index in [0.29, 0.717) is 25.3 Å². The third kappa shape index (κ3) is 5.53. The summed E-state index contributed by atoms with van der Waals surface area (Å²) in [5.41, 5.74) is 1.55. The van der Waals surface area contributed by atoms with Crippen molar-refractivity contribution in [3.05, 3.63) is 59.8 Å². The lowest BCUT2D eigenvalue weighted by molar-refractivity contribution is -0.122. The normalized spacial score (nSPS) is 14.5. The van der Waals surface area contributed by atoms with Crippen molar-refractivity contribution in [1.82, 2.24) is 15.2 Å². The minimum atomic E-state index is -0.354. The number of anilines is 1. The van der Waals surface area contributed by atoms with Crippen molar-refractivity contribution in [2.45, 2.75) is 13.5 Å². The number of piperazine rings is 1. The summed E-state index contributed by atoms with van der Waals surface area (Å²) in [4.78, 5) is 32.6. The SMILES string of the molecule is CCOC(=O)c1ccc(N2CCN(CC(=O)NCc3ccccc3)CC2)nc1. The smallest absolute Gasteiger partial charge is 0.339 e. The molecule has 2 heterocycles. The second-order valence-electron chi connectivity index (χ2n) is 6.65. The van der Waals surface area contributed by atoms with Crippen LogP contribution in [0.5, 0.6) is 0 Å². The topological polar surface area (TPSA) is 74.8 Å². The van der Waals surface area contributed by atoms with E-state index in [9.17, 15) is 9.59 Å². The molecule has 0 bridgehead atoms. The summed E-state index contributed by atoms with van der Waals surface area (Å²) in [6, 6.07) is 13.5. The molecular weight excluding hydrogens is 356 g/mol. The molecule has 148 valence electrons. The molecular formula is C21H26N4O3. The predicted octanol–water partition coefficient (Wildman–Crippen LogP) is 1.70. The highest BCUT2D eigenvalue weighted by Crippen LogP contribution is 2.14. The minimum absolute atomic E-state index is 0.0363. The molecule has 0 radical (unpaired) electrons. The first kappa shape index (κ1) is 19.8. The lowest BCUT2D eigenvalue weighted by Gasteiger charge is -2.35. The van der Waals surface area contributed by atoms with Crippen LogP contribution >= 0.6 is 0 Å². The molecule has 0 spiro atoms. The zero-order valence-corrected chi connectivity index (χ0v) is 16.1. The van der Waals surface area contributed by atoms with E-state index in [0.717, 1.165) is 37.6 Å². The second-order valence-corrected chi connectivity index (χ2v) is 6.65. The molecule has 1 amide bonds. The molecule has 1 aromatic heterocycles. The van der Waals surface area contributed by atoms with Crippen LogP contribution in [0.15, 0.2) is 48.7 Å². The monoisotopic (exact) mass is 382 g/mol. The summed E-state index contributed by atoms with van der Waals surface area (Å²) in [5, 5.41) is 2.97. The van der Waals surface area contributed by atoms with Gasteiger partial charge in [0.2, 0.25) is 5.91 Å². The Morgan fingerprint density at radius 3 is 2.46 bits per heavy atom. The van der Waals surface area contributed by atoms with Gasteiger partial charge in [0.25, 0.3) is 0 Å². The van der Waals surface area contributed by atoms with Gasteiger partial charge in [-0.05, 0) is 24.6 Å². The number of nitrogens with zero attached hydrogens (tertiary/aromatic N) is 3. The van der Waals surface area contributed by atoms with Gasteiger partial charge in [0.1, 0.15) is 5.82 Å². The standard InChI is InChI=1S/C21H26N4O3/c1-2-28-21(27)18-8-9-19(22-15-18)25-12-10-24(11-13-25)16-20(26)23-14-17-6-4-3-5-7-17/h3-9,15H,2,10-14,16H2,1H3,(H,23,26). The quantitative estimate of drug-likeness (QED) is 0.735. The molecule has 1 aliphatic rings. The number of benzene rings is 1. The molecule has 1 fully saturated rings. The van der Waals surface area contributed by atoms with Crippen molar-refractivity contribution in [2.75, 3.05) is 44.2 Å². The van der Waals surface area contributed by atoms with Gasteiger partial charge in [-0.1, -0.05) is 30.3 Å². The molecule has 28 heavy (non-hydrogen) atoms. The molecule has 3 rings (SSSR count). The van der Waals surface area contributed by atoms with Gasteiger partial charge in [0, 0.05) is 38.9 Å². The Hall–Kier alpha value is -2.93. The van der Waals surface area contributed by atoms with Gasteiger partial charge in [0.05, 0.1) is 18.7 Å². The van der Waals surface area contributed by atoms with E-state index in [4.69, 9.17) is 4.74 Å². The number of carbonyl (C=O) groups is 2. The molecule has 7 nitrogen and oxygen atoms in total. The van der Waals surface area contributed by atoms with Crippen LogP contribution in [0.4, 0.5) is 5.82 Å². The molecule has 7 heteroatoms. The summed E-state index contributed by atoms with van der Waals surface area (Å²) in [5.74, 6) is 0.517. The van der Waals surface area contributed by atoms with Crippen LogP contribution in [0.1, 0.15) is 22.8 Å². The zero-order chi connectivity index (χ0) is 19.8. The molecule has 0 unspecified atom stereocenters. The first-order valence-electron chi connectivity index (χ1n) is 9.57. The fourth-order valence-corrected chi connectivity index (χ4v) is 3.10. The number of amides is 1. The van der Waals surface area contributed by atoms with Crippen molar-refractivity contribution in [3.8, 4) is 0 Å². The summed E-state index contributed by atoms with van der Waals surface area (Å²) in [6.45, 7) is 6.24. The highest BCUT2D eigenvalue weighted by Gasteiger charge is 2.20. The van der Waals surface area contributed by atoms with Crippen LogP contribution in [-0.4, -0.2) is 61.1 Å². The molecule has 1 aromatic carbocycles. The lowest BCUT2D eigenvalue weighted by atomic mass is 10.2. The maximum absolute atomic E-state index is 12.2. The van der Waals surface area contributed by atoms with Crippen LogP contribution < -0.4 is 10.2 Å². The van der Waals surface area contributed by atoms with Crippen molar-refractivity contribution in [1.29, 1.82) is 0 Å². The first-order valence-corrected chi connectivity index (χ1v) is 9.57. The third-order valence-electron chi connectivity index (χ3n) is 4.66.